The van der Waals surface area contributed by atoms with Gasteiger partial charge in [-0.2, -0.15) is 8.42 Å². The first-order valence-corrected chi connectivity index (χ1v) is 12.7. The zero-order chi connectivity index (χ0) is 34.3. The van der Waals surface area contributed by atoms with E-state index in [2.05, 4.69) is 130 Å². The molecule has 0 amide bonds. The number of rotatable bonds is 9. The van der Waals surface area contributed by atoms with Crippen LogP contribution in [0, 0.1) is 0 Å². The van der Waals surface area contributed by atoms with Crippen molar-refractivity contribution in [3.63, 3.8) is 0 Å². The Balaban J connectivity index is -0.0000000216. The second-order valence-electron chi connectivity index (χ2n) is 3.54. The molecule has 0 heterocycles. The molecule has 0 saturated heterocycles. The van der Waals surface area contributed by atoms with E-state index in [1.807, 2.05) is 13.8 Å². The predicted octanol–water partition coefficient (Wildman–Crippen LogP) is 8.62. The summed E-state index contributed by atoms with van der Waals surface area (Å²) in [5.41, 5.74) is 0. The van der Waals surface area contributed by atoms with Gasteiger partial charge in [-0.05, 0) is 20.3 Å². The fourth-order valence-corrected chi connectivity index (χ4v) is 1.23. The number of hydrogen-bond donors (Lipinski definition) is 3. The molecule has 0 bridgehead atoms. The minimum Gasteiger partial charge on any atom is -0.394 e. The topological polar surface area (TPSA) is 113 Å². The number of ether oxygens (including phenoxy) is 1. The van der Waals surface area contributed by atoms with Crippen molar-refractivity contribution in [1.29, 1.82) is 0 Å². The van der Waals surface area contributed by atoms with Gasteiger partial charge in [0.15, 0.2) is 0 Å². The smallest absolute Gasteiger partial charge is 0.394 e. The molecule has 0 atom stereocenters. The highest BCUT2D eigenvalue weighted by molar-refractivity contribution is 7.80. The van der Waals surface area contributed by atoms with E-state index < -0.39 is 10.4 Å². The summed E-state index contributed by atoms with van der Waals surface area (Å²) in [5.74, 6) is 0. The zero-order valence-electron chi connectivity index (χ0n) is 25.5. The summed E-state index contributed by atoms with van der Waals surface area (Å²) in [6.45, 7) is 61.6. The van der Waals surface area contributed by atoms with Crippen molar-refractivity contribution in [1.82, 2.24) is 0 Å². The Morgan fingerprint density at radius 2 is 0.789 bits per heavy atom. The van der Waals surface area contributed by atoms with Gasteiger partial charge in [-0.1, -0.05) is 26.2 Å². The normalized spacial score (nSPS) is 6.26. The van der Waals surface area contributed by atoms with E-state index in [-0.39, 0.29) is 19.8 Å². The molecule has 3 N–H and O–H groups in total. The lowest BCUT2D eigenvalue weighted by Crippen LogP contribution is -2.04. The predicted molar refractivity (Wildman–Crippen MR) is 179 cm³/mol. The number of unbranched alkanes of at least 4 members (excludes halogenated alkanes) is 3. The largest absolute Gasteiger partial charge is 0.397 e. The van der Waals surface area contributed by atoms with Gasteiger partial charge < -0.3 is 14.9 Å². The maximum Gasteiger partial charge on any atom is 0.397 e. The van der Waals surface area contributed by atoms with Crippen molar-refractivity contribution >= 4 is 10.4 Å². The second kappa shape index (κ2) is 185. The van der Waals surface area contributed by atoms with Crippen LogP contribution in [0.25, 0.3) is 0 Å². The number of hydrogen-bond acceptors (Lipinski definition) is 6. The summed E-state index contributed by atoms with van der Waals surface area (Å²) in [6.07, 6.45) is 3.76. The molecule has 0 fully saturated rings. The van der Waals surface area contributed by atoms with Crippen LogP contribution in [0.5, 0.6) is 0 Å². The van der Waals surface area contributed by atoms with E-state index in [1.165, 1.54) is 0 Å². The minimum absolute atomic E-state index is 0.0822. The van der Waals surface area contributed by atoms with Gasteiger partial charge in [0, 0.05) is 13.2 Å². The molecule has 0 aromatic heterocycles. The van der Waals surface area contributed by atoms with E-state index in [4.69, 9.17) is 19.5 Å². The van der Waals surface area contributed by atoms with Crippen LogP contribution in [-0.4, -0.2) is 56.2 Å². The molecule has 0 aromatic carbocycles. The first-order chi connectivity index (χ1) is 18.4. The van der Waals surface area contributed by atoms with Crippen LogP contribution in [0.4, 0.5) is 0 Å². The molecule has 0 rings (SSSR count). The van der Waals surface area contributed by atoms with Crippen molar-refractivity contribution in [2.24, 2.45) is 0 Å². The maximum absolute atomic E-state index is 10.00. The van der Waals surface area contributed by atoms with Crippen LogP contribution < -0.4 is 0 Å². The molecule has 0 spiro atoms. The lowest BCUT2D eigenvalue weighted by Gasteiger charge is -1.98. The van der Waals surface area contributed by atoms with Crippen molar-refractivity contribution in [3.05, 3.63) is 118 Å². The average Bonchev–Trinajstić information content (AvgIpc) is 3.02. The van der Waals surface area contributed by atoms with Crippen molar-refractivity contribution in [2.75, 3.05) is 33.0 Å². The second-order valence-corrected chi connectivity index (χ2v) is 4.63. The molecule has 0 aromatic rings. The minimum atomic E-state index is -4.21. The van der Waals surface area contributed by atoms with Crippen molar-refractivity contribution < 1.29 is 32.1 Å². The molecule has 0 aliphatic rings. The van der Waals surface area contributed by atoms with Crippen LogP contribution in [0.15, 0.2) is 118 Å². The Bertz CT molecular complexity index is 333. The Morgan fingerprint density at radius 3 is 0.921 bits per heavy atom. The third-order valence-corrected chi connectivity index (χ3v) is 2.20. The molecule has 0 aliphatic heterocycles. The first-order valence-electron chi connectivity index (χ1n) is 11.3. The summed E-state index contributed by atoms with van der Waals surface area (Å²) in [5, 5.41) is 15.2. The molecular formula is C30H66O7S. The summed E-state index contributed by atoms with van der Waals surface area (Å²) in [7, 11) is -4.21. The van der Waals surface area contributed by atoms with E-state index in [1.54, 1.807) is 0 Å². The molecule has 0 saturated carbocycles. The maximum atomic E-state index is 10.00. The first kappa shape index (κ1) is 76.5. The van der Waals surface area contributed by atoms with Crippen LogP contribution in [0.2, 0.25) is 0 Å². The molecule has 234 valence electrons. The van der Waals surface area contributed by atoms with Gasteiger partial charge in [0.1, 0.15) is 0 Å². The van der Waals surface area contributed by atoms with Crippen LogP contribution >= 0.6 is 0 Å². The number of aliphatic hydroxyl groups is 2. The summed E-state index contributed by atoms with van der Waals surface area (Å²) in [6, 6.07) is 0. The zero-order valence-corrected chi connectivity index (χ0v) is 26.3. The van der Waals surface area contributed by atoms with Crippen LogP contribution in [-0.2, 0) is 19.3 Å². The molecule has 0 aliphatic carbocycles. The Kier molecular flexibility index (Phi) is 372. The van der Waals surface area contributed by atoms with Gasteiger partial charge >= 0.3 is 10.4 Å². The molecule has 7 nitrogen and oxygen atoms in total. The van der Waals surface area contributed by atoms with Gasteiger partial charge in [-0.15, -0.1) is 118 Å². The molecule has 8 heteroatoms. The molecular weight excluding hydrogens is 504 g/mol. The van der Waals surface area contributed by atoms with Gasteiger partial charge in [-0.25, -0.2) is 4.18 Å². The fourth-order valence-electron chi connectivity index (χ4n) is 0.897. The Labute approximate surface area is 240 Å². The monoisotopic (exact) mass is 570 g/mol. The van der Waals surface area contributed by atoms with Crippen LogP contribution in [0.3, 0.4) is 0 Å². The van der Waals surface area contributed by atoms with Crippen LogP contribution in [0.1, 0.15) is 46.5 Å². The average molecular weight is 571 g/mol. The summed E-state index contributed by atoms with van der Waals surface area (Å²) >= 11 is 0. The summed E-state index contributed by atoms with van der Waals surface area (Å²) < 4.78 is 37.1. The van der Waals surface area contributed by atoms with E-state index in [0.717, 1.165) is 32.5 Å². The molecule has 0 unspecified atom stereocenters. The standard InChI is InChI=1S/C6H14O4S.C4H10O.C2H6O2.9C2H4/c1-2-3-4-5-6-10-11(7,8)9;1-3-5-4-2;3-1-2-4;9*1-2/h2-6H2,1H3,(H,7,8,9);3-4H2,1-2H3;3-4H,1-2H2;9*1-2H2. The lowest BCUT2D eigenvalue weighted by molar-refractivity contribution is 0.162. The van der Waals surface area contributed by atoms with E-state index >= 15 is 0 Å². The number of aliphatic hydroxyl groups excluding tert-OH is 2. The third-order valence-electron chi connectivity index (χ3n) is 1.74. The van der Waals surface area contributed by atoms with Gasteiger partial charge in [0.05, 0.1) is 19.8 Å². The fraction of sp³-hybridized carbons (Fsp3) is 0.400. The van der Waals surface area contributed by atoms with E-state index in [9.17, 15) is 8.42 Å². The molecule has 38 heavy (non-hydrogen) atoms. The van der Waals surface area contributed by atoms with Gasteiger partial charge in [0.25, 0.3) is 0 Å². The highest BCUT2D eigenvalue weighted by atomic mass is 32.3. The lowest BCUT2D eigenvalue weighted by atomic mass is 10.2. The van der Waals surface area contributed by atoms with Crippen molar-refractivity contribution in [3.8, 4) is 0 Å². The summed E-state index contributed by atoms with van der Waals surface area (Å²) in [4.78, 5) is 0. The highest BCUT2D eigenvalue weighted by Gasteiger charge is 2.01. The Morgan fingerprint density at radius 1 is 0.526 bits per heavy atom. The quantitative estimate of drug-likeness (QED) is 0.144. The van der Waals surface area contributed by atoms with Crippen molar-refractivity contribution in [2.45, 2.75) is 46.5 Å². The highest BCUT2D eigenvalue weighted by Crippen LogP contribution is 1.99. The van der Waals surface area contributed by atoms with E-state index in [0.29, 0.717) is 6.42 Å². The van der Waals surface area contributed by atoms with Gasteiger partial charge in [-0.3, -0.25) is 4.55 Å². The SMILES string of the molecule is C=C.C=C.C=C.C=C.C=C.C=C.C=C.C=C.C=C.CCCCCCOS(=O)(=O)O.CCOCC.OCCO. The van der Waals surface area contributed by atoms with Gasteiger partial charge in [0.2, 0.25) is 0 Å². The Hall–Kier alpha value is -2.59. The molecule has 0 radical (unpaired) electrons. The third kappa shape index (κ3) is 496.